The normalized spacial score (nSPS) is 14.4. The van der Waals surface area contributed by atoms with Crippen molar-refractivity contribution in [1.29, 1.82) is 0 Å². The summed E-state index contributed by atoms with van der Waals surface area (Å²) in [4.78, 5) is 14.4. The monoisotopic (exact) mass is 304 g/mol. The summed E-state index contributed by atoms with van der Waals surface area (Å²) in [5, 5.41) is 4.91. The van der Waals surface area contributed by atoms with Crippen molar-refractivity contribution in [3.8, 4) is 0 Å². The highest BCUT2D eigenvalue weighted by Gasteiger charge is 2.26. The maximum absolute atomic E-state index is 12.6. The number of halogens is 1. The van der Waals surface area contributed by atoms with Crippen LogP contribution in [0.1, 0.15) is 27.3 Å². The number of nitrogens with zero attached hydrogens (tertiary/aromatic N) is 3. The van der Waals surface area contributed by atoms with Crippen molar-refractivity contribution in [1.82, 2.24) is 14.7 Å². The van der Waals surface area contributed by atoms with Crippen LogP contribution in [-0.2, 0) is 20.0 Å². The van der Waals surface area contributed by atoms with Gasteiger partial charge in [0.1, 0.15) is 0 Å². The van der Waals surface area contributed by atoms with Crippen LogP contribution in [0, 0.1) is 6.92 Å². The Morgan fingerprint density at radius 2 is 2.19 bits per heavy atom. The molecule has 2 heterocycles. The van der Waals surface area contributed by atoms with E-state index in [2.05, 4.69) is 5.10 Å². The Balaban J connectivity index is 1.90. The number of carbonyl (C=O) groups is 1. The molecule has 21 heavy (non-hydrogen) atoms. The van der Waals surface area contributed by atoms with Crippen LogP contribution in [-0.4, -0.2) is 27.1 Å². The predicted molar refractivity (Wildman–Crippen MR) is 82.3 cm³/mol. The van der Waals surface area contributed by atoms with E-state index in [1.165, 1.54) is 0 Å². The molecule has 0 spiro atoms. The summed E-state index contributed by atoms with van der Waals surface area (Å²) in [5.41, 5.74) is 9.78. The number of fused-ring (bicyclic) bond motifs is 1. The van der Waals surface area contributed by atoms with Crippen LogP contribution in [0.4, 0.5) is 5.69 Å². The Hall–Kier alpha value is -2.01. The van der Waals surface area contributed by atoms with Crippen molar-refractivity contribution >= 4 is 23.2 Å². The molecule has 1 amide bonds. The maximum atomic E-state index is 12.6. The molecule has 2 N–H and O–H groups in total. The molecule has 1 aliphatic rings. The number of aromatic nitrogens is 2. The summed E-state index contributed by atoms with van der Waals surface area (Å²) >= 11 is 6.27. The Kier molecular flexibility index (Phi) is 3.37. The number of hydrogen-bond donors (Lipinski definition) is 1. The minimum Gasteiger partial charge on any atom is -0.399 e. The molecular formula is C15H17ClN4O. The zero-order valence-electron chi connectivity index (χ0n) is 12.1. The fourth-order valence-electron chi connectivity index (χ4n) is 2.72. The molecule has 0 bridgehead atoms. The van der Waals surface area contributed by atoms with E-state index in [-0.39, 0.29) is 5.91 Å². The third-order valence-corrected chi connectivity index (χ3v) is 4.40. The van der Waals surface area contributed by atoms with Gasteiger partial charge in [-0.3, -0.25) is 9.48 Å². The number of nitrogen functional groups attached to an aromatic ring is 1. The molecule has 110 valence electrons. The molecule has 2 aromatic rings. The fourth-order valence-corrected chi connectivity index (χ4v) is 2.94. The summed E-state index contributed by atoms with van der Waals surface area (Å²) in [6.45, 7) is 3.00. The van der Waals surface area contributed by atoms with Crippen LogP contribution < -0.4 is 5.73 Å². The van der Waals surface area contributed by atoms with E-state index in [0.29, 0.717) is 29.4 Å². The molecular weight excluding hydrogens is 288 g/mol. The van der Waals surface area contributed by atoms with Crippen LogP contribution in [0.3, 0.4) is 0 Å². The largest absolute Gasteiger partial charge is 0.399 e. The molecule has 0 radical (unpaired) electrons. The zero-order chi connectivity index (χ0) is 15.1. The van der Waals surface area contributed by atoms with Gasteiger partial charge in [-0.15, -0.1) is 0 Å². The highest BCUT2D eigenvalue weighted by atomic mass is 35.5. The molecule has 5 nitrogen and oxygen atoms in total. The Morgan fingerprint density at radius 1 is 1.43 bits per heavy atom. The van der Waals surface area contributed by atoms with Crippen LogP contribution in [0.15, 0.2) is 18.2 Å². The van der Waals surface area contributed by atoms with E-state index >= 15 is 0 Å². The Morgan fingerprint density at radius 3 is 2.86 bits per heavy atom. The first-order valence-electron chi connectivity index (χ1n) is 6.83. The van der Waals surface area contributed by atoms with Gasteiger partial charge in [-0.2, -0.15) is 5.10 Å². The van der Waals surface area contributed by atoms with Crippen LogP contribution in [0.25, 0.3) is 0 Å². The topological polar surface area (TPSA) is 64.2 Å². The lowest BCUT2D eigenvalue weighted by Crippen LogP contribution is -2.37. The highest BCUT2D eigenvalue weighted by Crippen LogP contribution is 2.25. The average Bonchev–Trinajstić information content (AvgIpc) is 2.68. The molecule has 0 saturated heterocycles. The van der Waals surface area contributed by atoms with Gasteiger partial charge in [0, 0.05) is 24.8 Å². The molecule has 3 rings (SSSR count). The molecule has 1 aromatic heterocycles. The molecule has 6 heteroatoms. The second-order valence-corrected chi connectivity index (χ2v) is 5.74. The second kappa shape index (κ2) is 5.07. The van der Waals surface area contributed by atoms with Gasteiger partial charge in [0.25, 0.3) is 5.91 Å². The molecule has 0 unspecified atom stereocenters. The summed E-state index contributed by atoms with van der Waals surface area (Å²) in [7, 11) is 1.84. The molecule has 1 aromatic carbocycles. The van der Waals surface area contributed by atoms with Crippen LogP contribution >= 0.6 is 11.6 Å². The smallest absolute Gasteiger partial charge is 0.254 e. The van der Waals surface area contributed by atoms with Crippen LogP contribution in [0.5, 0.6) is 0 Å². The standard InChI is InChI=1S/C15H17ClN4O/c1-9-14(16)13(19(2)18-9)8-20-6-5-10-3-4-11(17)7-12(10)15(20)21/h3-4,7H,5-6,8,17H2,1-2H3. The van der Waals surface area contributed by atoms with Gasteiger partial charge >= 0.3 is 0 Å². The van der Waals surface area contributed by atoms with E-state index in [4.69, 9.17) is 17.3 Å². The molecule has 0 fully saturated rings. The van der Waals surface area contributed by atoms with Crippen molar-refractivity contribution in [2.24, 2.45) is 7.05 Å². The number of nitrogens with two attached hydrogens (primary N) is 1. The minimum absolute atomic E-state index is 0.00142. The van der Waals surface area contributed by atoms with Crippen LogP contribution in [0.2, 0.25) is 5.02 Å². The Labute approximate surface area is 128 Å². The molecule has 0 saturated carbocycles. The SMILES string of the molecule is Cc1nn(C)c(CN2CCc3ccc(N)cc3C2=O)c1Cl. The lowest BCUT2D eigenvalue weighted by molar-refractivity contribution is 0.0723. The lowest BCUT2D eigenvalue weighted by atomic mass is 9.98. The van der Waals surface area contributed by atoms with Gasteiger partial charge in [-0.25, -0.2) is 0 Å². The number of anilines is 1. The van der Waals surface area contributed by atoms with E-state index in [1.807, 2.05) is 26.1 Å². The van der Waals surface area contributed by atoms with Crippen molar-refractivity contribution in [3.05, 3.63) is 45.7 Å². The third kappa shape index (κ3) is 2.38. The van der Waals surface area contributed by atoms with Gasteiger partial charge in [0.05, 0.1) is 23.0 Å². The molecule has 1 aliphatic heterocycles. The third-order valence-electron chi connectivity index (χ3n) is 3.90. The van der Waals surface area contributed by atoms with E-state index in [1.54, 1.807) is 15.6 Å². The fraction of sp³-hybridized carbons (Fsp3) is 0.333. The first-order chi connectivity index (χ1) is 9.97. The summed E-state index contributed by atoms with van der Waals surface area (Å²) < 4.78 is 1.74. The van der Waals surface area contributed by atoms with Gasteiger partial charge < -0.3 is 10.6 Å². The van der Waals surface area contributed by atoms with Gasteiger partial charge in [-0.1, -0.05) is 17.7 Å². The average molecular weight is 305 g/mol. The summed E-state index contributed by atoms with van der Waals surface area (Å²) in [5.74, 6) is -0.00142. The molecule has 0 atom stereocenters. The number of hydrogen-bond acceptors (Lipinski definition) is 3. The zero-order valence-corrected chi connectivity index (χ0v) is 12.8. The van der Waals surface area contributed by atoms with Gasteiger partial charge in [0.15, 0.2) is 0 Å². The van der Waals surface area contributed by atoms with E-state index < -0.39 is 0 Å². The van der Waals surface area contributed by atoms with Crippen molar-refractivity contribution < 1.29 is 4.79 Å². The number of rotatable bonds is 2. The predicted octanol–water partition coefficient (Wildman–Crippen LogP) is 2.16. The summed E-state index contributed by atoms with van der Waals surface area (Å²) in [6.07, 6.45) is 0.829. The first kappa shape index (κ1) is 13.9. The lowest BCUT2D eigenvalue weighted by Gasteiger charge is -2.28. The quantitative estimate of drug-likeness (QED) is 0.865. The number of aryl methyl sites for hydroxylation is 2. The number of amides is 1. The first-order valence-corrected chi connectivity index (χ1v) is 7.21. The van der Waals surface area contributed by atoms with Crippen molar-refractivity contribution in [2.45, 2.75) is 19.9 Å². The highest BCUT2D eigenvalue weighted by molar-refractivity contribution is 6.31. The van der Waals surface area contributed by atoms with Crippen molar-refractivity contribution in [3.63, 3.8) is 0 Å². The minimum atomic E-state index is -0.00142. The van der Waals surface area contributed by atoms with E-state index in [0.717, 1.165) is 23.4 Å². The number of carbonyl (C=O) groups excluding carboxylic acids is 1. The number of benzene rings is 1. The Bertz CT molecular complexity index is 723. The van der Waals surface area contributed by atoms with Crippen molar-refractivity contribution in [2.75, 3.05) is 12.3 Å². The van der Waals surface area contributed by atoms with E-state index in [9.17, 15) is 4.79 Å². The summed E-state index contributed by atoms with van der Waals surface area (Å²) in [6, 6.07) is 5.52. The maximum Gasteiger partial charge on any atom is 0.254 e. The van der Waals surface area contributed by atoms with Gasteiger partial charge in [-0.05, 0) is 31.0 Å². The second-order valence-electron chi connectivity index (χ2n) is 5.36. The molecule has 0 aliphatic carbocycles. The van der Waals surface area contributed by atoms with Gasteiger partial charge in [0.2, 0.25) is 0 Å².